The second-order valence-corrected chi connectivity index (χ2v) is 5.54. The number of amides is 1. The Morgan fingerprint density at radius 2 is 1.84 bits per heavy atom. The van der Waals surface area contributed by atoms with Gasteiger partial charge in [0.05, 0.1) is 7.11 Å². The molecule has 0 aliphatic carbocycles. The van der Waals surface area contributed by atoms with Crippen molar-refractivity contribution in [3.05, 3.63) is 59.2 Å². The van der Waals surface area contributed by atoms with Crippen molar-refractivity contribution in [2.75, 3.05) is 20.3 Å². The van der Waals surface area contributed by atoms with Crippen LogP contribution in [0.5, 0.6) is 11.5 Å². The summed E-state index contributed by atoms with van der Waals surface area (Å²) in [7, 11) is 1.60. The predicted molar refractivity (Wildman–Crippen MR) is 92.8 cm³/mol. The molecule has 6 nitrogen and oxygen atoms in total. The molecule has 0 fully saturated rings. The lowest BCUT2D eigenvalue weighted by molar-refractivity contribution is -0.124. The molecule has 0 unspecified atom stereocenters. The van der Waals surface area contributed by atoms with E-state index in [0.717, 1.165) is 16.9 Å². The molecule has 0 saturated heterocycles. The normalized spacial score (nSPS) is 10.2. The Morgan fingerprint density at radius 1 is 1.12 bits per heavy atom. The Hall–Kier alpha value is -3.02. The number of carbonyl (C=O) groups is 2. The third kappa shape index (κ3) is 5.53. The van der Waals surface area contributed by atoms with Crippen molar-refractivity contribution in [3.8, 4) is 11.5 Å². The lowest BCUT2D eigenvalue weighted by atomic mass is 10.1. The van der Waals surface area contributed by atoms with Gasteiger partial charge in [0.15, 0.2) is 6.61 Å². The highest BCUT2D eigenvalue weighted by Gasteiger charge is 2.14. The fourth-order valence-electron chi connectivity index (χ4n) is 2.21. The lowest BCUT2D eigenvalue weighted by Crippen LogP contribution is -2.30. The summed E-state index contributed by atoms with van der Waals surface area (Å²) >= 11 is 0. The van der Waals surface area contributed by atoms with Crippen LogP contribution < -0.4 is 10.1 Å². The number of phenols is 1. The largest absolute Gasteiger partial charge is 0.507 e. The molecule has 2 aromatic rings. The number of ether oxygens (including phenoxy) is 2. The summed E-state index contributed by atoms with van der Waals surface area (Å²) in [4.78, 5) is 23.7. The molecule has 0 aliphatic rings. The number of aromatic hydroxyl groups is 1. The standard InChI is InChI=1S/C19H21NO5/c1-13-3-8-17(21)16(11-13)19(23)25-12-18(22)20-10-9-14-4-6-15(24-2)7-5-14/h3-8,11,21H,9-10,12H2,1-2H3,(H,20,22). The Labute approximate surface area is 146 Å². The van der Waals surface area contributed by atoms with Gasteiger partial charge in [0.25, 0.3) is 5.91 Å². The number of methoxy groups -OCH3 is 1. The van der Waals surface area contributed by atoms with Crippen LogP contribution in [0.4, 0.5) is 0 Å². The monoisotopic (exact) mass is 343 g/mol. The first-order valence-corrected chi connectivity index (χ1v) is 7.86. The Kier molecular flexibility index (Phi) is 6.39. The average molecular weight is 343 g/mol. The Morgan fingerprint density at radius 3 is 2.52 bits per heavy atom. The number of benzene rings is 2. The van der Waals surface area contributed by atoms with Gasteiger partial charge in [0.1, 0.15) is 17.1 Å². The van der Waals surface area contributed by atoms with Crippen molar-refractivity contribution < 1.29 is 24.2 Å². The van der Waals surface area contributed by atoms with Crippen molar-refractivity contribution in [2.24, 2.45) is 0 Å². The van der Waals surface area contributed by atoms with Gasteiger partial charge < -0.3 is 19.9 Å². The third-order valence-electron chi connectivity index (χ3n) is 3.60. The first-order valence-electron chi connectivity index (χ1n) is 7.86. The smallest absolute Gasteiger partial charge is 0.342 e. The molecule has 6 heteroatoms. The highest BCUT2D eigenvalue weighted by atomic mass is 16.5. The van der Waals surface area contributed by atoms with Gasteiger partial charge in [0.2, 0.25) is 0 Å². The summed E-state index contributed by atoms with van der Waals surface area (Å²) in [6.45, 7) is 1.83. The number of esters is 1. The van der Waals surface area contributed by atoms with Crippen LogP contribution in [0.1, 0.15) is 21.5 Å². The van der Waals surface area contributed by atoms with Gasteiger partial charge in [-0.05, 0) is 43.2 Å². The van der Waals surface area contributed by atoms with Gasteiger partial charge in [0, 0.05) is 6.54 Å². The maximum Gasteiger partial charge on any atom is 0.342 e. The summed E-state index contributed by atoms with van der Waals surface area (Å²) < 4.78 is 10.0. The minimum Gasteiger partial charge on any atom is -0.507 e. The number of phenolic OH excluding ortho intramolecular Hbond substituents is 1. The molecule has 0 heterocycles. The van der Waals surface area contributed by atoms with E-state index in [-0.39, 0.29) is 11.3 Å². The molecular formula is C19H21NO5. The molecule has 132 valence electrons. The average Bonchev–Trinajstić information content (AvgIpc) is 2.62. The summed E-state index contributed by atoms with van der Waals surface area (Å²) in [5, 5.41) is 12.3. The van der Waals surface area contributed by atoms with Gasteiger partial charge in [-0.15, -0.1) is 0 Å². The lowest BCUT2D eigenvalue weighted by Gasteiger charge is -2.08. The molecule has 2 N–H and O–H groups in total. The summed E-state index contributed by atoms with van der Waals surface area (Å²) in [6, 6.07) is 12.2. The van der Waals surface area contributed by atoms with Crippen LogP contribution >= 0.6 is 0 Å². The molecule has 25 heavy (non-hydrogen) atoms. The van der Waals surface area contributed by atoms with E-state index in [1.165, 1.54) is 12.1 Å². The van der Waals surface area contributed by atoms with Crippen molar-refractivity contribution in [2.45, 2.75) is 13.3 Å². The molecule has 0 bridgehead atoms. The molecule has 0 aliphatic heterocycles. The molecule has 0 atom stereocenters. The highest BCUT2D eigenvalue weighted by molar-refractivity contribution is 5.94. The first-order chi connectivity index (χ1) is 12.0. The molecule has 0 aromatic heterocycles. The quantitative estimate of drug-likeness (QED) is 0.753. The van der Waals surface area contributed by atoms with E-state index in [9.17, 15) is 14.7 Å². The van der Waals surface area contributed by atoms with E-state index in [0.29, 0.717) is 13.0 Å². The zero-order valence-corrected chi connectivity index (χ0v) is 14.2. The van der Waals surface area contributed by atoms with Gasteiger partial charge >= 0.3 is 5.97 Å². The maximum atomic E-state index is 11.9. The van der Waals surface area contributed by atoms with Crippen LogP contribution in [0.2, 0.25) is 0 Å². The molecule has 1 amide bonds. The highest BCUT2D eigenvalue weighted by Crippen LogP contribution is 2.19. The fourth-order valence-corrected chi connectivity index (χ4v) is 2.21. The van der Waals surface area contributed by atoms with Gasteiger partial charge in [-0.1, -0.05) is 23.8 Å². The number of carbonyl (C=O) groups excluding carboxylic acids is 2. The van der Waals surface area contributed by atoms with Crippen LogP contribution in [0.25, 0.3) is 0 Å². The van der Waals surface area contributed by atoms with E-state index >= 15 is 0 Å². The Bertz CT molecular complexity index is 740. The summed E-state index contributed by atoms with van der Waals surface area (Å²) in [5.41, 5.74) is 1.92. The van der Waals surface area contributed by atoms with Crippen molar-refractivity contribution >= 4 is 11.9 Å². The van der Waals surface area contributed by atoms with Gasteiger partial charge in [-0.2, -0.15) is 0 Å². The minimum atomic E-state index is -0.730. The van der Waals surface area contributed by atoms with Crippen molar-refractivity contribution in [1.29, 1.82) is 0 Å². The topological polar surface area (TPSA) is 84.9 Å². The van der Waals surface area contributed by atoms with E-state index in [1.54, 1.807) is 20.1 Å². The number of aryl methyl sites for hydroxylation is 1. The molecule has 0 saturated carbocycles. The van der Waals surface area contributed by atoms with E-state index in [1.807, 2.05) is 24.3 Å². The van der Waals surface area contributed by atoms with Gasteiger partial charge in [-0.25, -0.2) is 4.79 Å². The predicted octanol–water partition coefficient (Wildman–Crippen LogP) is 2.22. The number of rotatable bonds is 7. The SMILES string of the molecule is COc1ccc(CCNC(=O)COC(=O)c2cc(C)ccc2O)cc1. The second kappa shape index (κ2) is 8.73. The second-order valence-electron chi connectivity index (χ2n) is 5.54. The van der Waals surface area contributed by atoms with E-state index in [2.05, 4.69) is 5.32 Å². The Balaban J connectivity index is 1.74. The fraction of sp³-hybridized carbons (Fsp3) is 0.263. The summed E-state index contributed by atoms with van der Waals surface area (Å²) in [5.74, 6) is -0.518. The number of nitrogens with one attached hydrogen (secondary N) is 1. The molecule has 2 aromatic carbocycles. The third-order valence-corrected chi connectivity index (χ3v) is 3.60. The summed E-state index contributed by atoms with van der Waals surface area (Å²) in [6.07, 6.45) is 0.655. The van der Waals surface area contributed by atoms with Crippen LogP contribution in [0, 0.1) is 6.92 Å². The molecule has 0 radical (unpaired) electrons. The maximum absolute atomic E-state index is 11.9. The van der Waals surface area contributed by atoms with Crippen LogP contribution in [0.15, 0.2) is 42.5 Å². The van der Waals surface area contributed by atoms with Crippen LogP contribution in [-0.2, 0) is 16.0 Å². The van der Waals surface area contributed by atoms with Crippen molar-refractivity contribution in [1.82, 2.24) is 5.32 Å². The van der Waals surface area contributed by atoms with Crippen LogP contribution in [-0.4, -0.2) is 37.2 Å². The van der Waals surface area contributed by atoms with Crippen molar-refractivity contribution in [3.63, 3.8) is 0 Å². The van der Waals surface area contributed by atoms with E-state index in [4.69, 9.17) is 9.47 Å². The first kappa shape index (κ1) is 18.3. The van der Waals surface area contributed by atoms with E-state index < -0.39 is 18.5 Å². The number of hydrogen-bond acceptors (Lipinski definition) is 5. The minimum absolute atomic E-state index is 0.0473. The molecule has 0 spiro atoms. The van der Waals surface area contributed by atoms with Crippen LogP contribution in [0.3, 0.4) is 0 Å². The zero-order valence-electron chi connectivity index (χ0n) is 14.2. The zero-order chi connectivity index (χ0) is 18.2. The number of hydrogen-bond donors (Lipinski definition) is 2. The molecular weight excluding hydrogens is 322 g/mol. The van der Waals surface area contributed by atoms with Gasteiger partial charge in [-0.3, -0.25) is 4.79 Å². The molecule has 2 rings (SSSR count).